The van der Waals surface area contributed by atoms with Crippen molar-refractivity contribution in [3.05, 3.63) is 48.7 Å². The van der Waals surface area contributed by atoms with Crippen LogP contribution < -0.4 is 9.64 Å². The van der Waals surface area contributed by atoms with Crippen molar-refractivity contribution in [1.82, 2.24) is 14.9 Å². The van der Waals surface area contributed by atoms with Crippen molar-refractivity contribution < 1.29 is 9.84 Å². The molecule has 1 aliphatic heterocycles. The quantitative estimate of drug-likeness (QED) is 0.695. The van der Waals surface area contributed by atoms with E-state index in [2.05, 4.69) is 33.8 Å². The van der Waals surface area contributed by atoms with E-state index >= 15 is 0 Å². The Labute approximate surface area is 171 Å². The predicted molar refractivity (Wildman–Crippen MR) is 116 cm³/mol. The van der Waals surface area contributed by atoms with Crippen LogP contribution in [0.1, 0.15) is 13.8 Å². The van der Waals surface area contributed by atoms with Gasteiger partial charge in [-0.05, 0) is 49.9 Å². The van der Waals surface area contributed by atoms with Crippen molar-refractivity contribution in [2.24, 2.45) is 0 Å². The van der Waals surface area contributed by atoms with Gasteiger partial charge in [-0.15, -0.1) is 0 Å². The van der Waals surface area contributed by atoms with Crippen LogP contribution in [-0.4, -0.2) is 65.4 Å². The molecule has 0 bridgehead atoms. The minimum Gasteiger partial charge on any atom is -0.491 e. The second-order valence-corrected chi connectivity index (χ2v) is 7.51. The molecule has 1 aliphatic rings. The topological polar surface area (TPSA) is 61.7 Å². The van der Waals surface area contributed by atoms with Gasteiger partial charge in [0.05, 0.1) is 11.8 Å². The first-order valence-corrected chi connectivity index (χ1v) is 10.3. The van der Waals surface area contributed by atoms with Gasteiger partial charge < -0.3 is 19.6 Å². The van der Waals surface area contributed by atoms with Crippen LogP contribution in [0.2, 0.25) is 0 Å². The number of hydrogen-bond acceptors (Lipinski definition) is 6. The summed E-state index contributed by atoms with van der Waals surface area (Å²) in [5.74, 6) is 1.70. The van der Waals surface area contributed by atoms with E-state index in [1.807, 2.05) is 36.5 Å². The van der Waals surface area contributed by atoms with Gasteiger partial charge in [-0.3, -0.25) is 4.98 Å². The predicted octanol–water partition coefficient (Wildman–Crippen LogP) is 3.20. The van der Waals surface area contributed by atoms with E-state index < -0.39 is 6.10 Å². The van der Waals surface area contributed by atoms with Crippen LogP contribution in [0.3, 0.4) is 0 Å². The molecule has 0 spiro atoms. The molecular formula is C23H28N4O2. The third-order valence-corrected chi connectivity index (χ3v) is 5.33. The lowest BCUT2D eigenvalue weighted by Gasteiger charge is -2.35. The molecular weight excluding hydrogens is 364 g/mol. The number of hydrogen-bond donors (Lipinski definition) is 1. The van der Waals surface area contributed by atoms with Crippen molar-refractivity contribution in [3.63, 3.8) is 0 Å². The normalized spacial score (nSPS) is 16.2. The number of fused-ring (bicyclic) bond motifs is 1. The van der Waals surface area contributed by atoms with Crippen LogP contribution in [0, 0.1) is 0 Å². The molecule has 3 heterocycles. The van der Waals surface area contributed by atoms with Crippen LogP contribution in [0.4, 0.5) is 5.82 Å². The lowest BCUT2D eigenvalue weighted by atomic mass is 10.1. The second-order valence-electron chi connectivity index (χ2n) is 7.51. The number of nitrogens with zero attached hydrogens (tertiary/aromatic N) is 4. The molecule has 4 rings (SSSR count). The number of pyridine rings is 2. The maximum absolute atomic E-state index is 9.38. The highest BCUT2D eigenvalue weighted by molar-refractivity contribution is 5.91. The van der Waals surface area contributed by atoms with Gasteiger partial charge in [0, 0.05) is 43.3 Å². The van der Waals surface area contributed by atoms with Gasteiger partial charge in [-0.25, -0.2) is 4.98 Å². The molecule has 0 unspecified atom stereocenters. The average Bonchev–Trinajstić information content (AvgIpc) is 2.77. The number of aliphatic hydroxyl groups is 1. The summed E-state index contributed by atoms with van der Waals surface area (Å²) in [7, 11) is 0. The van der Waals surface area contributed by atoms with Gasteiger partial charge >= 0.3 is 0 Å². The SMILES string of the molecule is CCN1CCN(c2nc(-c3ccc(OC[C@@H](C)O)cc3)cc3cccnc23)CC1. The summed E-state index contributed by atoms with van der Waals surface area (Å²) in [6.45, 7) is 9.31. The molecule has 0 saturated carbocycles. The zero-order valence-corrected chi connectivity index (χ0v) is 17.1. The van der Waals surface area contributed by atoms with Crippen molar-refractivity contribution in [1.29, 1.82) is 0 Å². The smallest absolute Gasteiger partial charge is 0.155 e. The van der Waals surface area contributed by atoms with E-state index in [-0.39, 0.29) is 6.61 Å². The van der Waals surface area contributed by atoms with E-state index in [1.54, 1.807) is 6.92 Å². The molecule has 1 atom stereocenters. The van der Waals surface area contributed by atoms with Gasteiger partial charge in [0.2, 0.25) is 0 Å². The Kier molecular flexibility index (Phi) is 5.92. The van der Waals surface area contributed by atoms with Crippen LogP contribution >= 0.6 is 0 Å². The Balaban J connectivity index is 1.65. The third kappa shape index (κ3) is 4.49. The van der Waals surface area contributed by atoms with Crippen LogP contribution in [0.15, 0.2) is 48.7 Å². The van der Waals surface area contributed by atoms with Crippen molar-refractivity contribution in [3.8, 4) is 17.0 Å². The van der Waals surface area contributed by atoms with Gasteiger partial charge in [0.25, 0.3) is 0 Å². The molecule has 6 heteroatoms. The second kappa shape index (κ2) is 8.76. The van der Waals surface area contributed by atoms with E-state index in [9.17, 15) is 5.11 Å². The molecule has 1 N–H and O–H groups in total. The van der Waals surface area contributed by atoms with E-state index in [0.29, 0.717) is 0 Å². The number of aromatic nitrogens is 2. The fraction of sp³-hybridized carbons (Fsp3) is 0.391. The molecule has 0 radical (unpaired) electrons. The molecule has 0 amide bonds. The number of rotatable bonds is 6. The summed E-state index contributed by atoms with van der Waals surface area (Å²) in [4.78, 5) is 14.5. The minimum atomic E-state index is -0.486. The number of ether oxygens (including phenoxy) is 1. The highest BCUT2D eigenvalue weighted by Gasteiger charge is 2.20. The highest BCUT2D eigenvalue weighted by Crippen LogP contribution is 2.30. The lowest BCUT2D eigenvalue weighted by molar-refractivity contribution is 0.123. The standard InChI is InChI=1S/C23H28N4O2/c1-3-26-11-13-27(14-12-26)23-22-19(5-4-10-24-22)15-21(25-23)18-6-8-20(9-7-18)29-16-17(2)28/h4-10,15,17,28H,3,11-14,16H2,1-2H3/t17-/m1/s1. The van der Waals surface area contributed by atoms with E-state index in [4.69, 9.17) is 9.72 Å². The zero-order valence-electron chi connectivity index (χ0n) is 17.1. The summed E-state index contributed by atoms with van der Waals surface area (Å²) < 4.78 is 5.57. The summed E-state index contributed by atoms with van der Waals surface area (Å²) in [6, 6.07) is 14.0. The highest BCUT2D eigenvalue weighted by atomic mass is 16.5. The van der Waals surface area contributed by atoms with Gasteiger partial charge in [-0.1, -0.05) is 13.0 Å². The maximum Gasteiger partial charge on any atom is 0.155 e. The molecule has 29 heavy (non-hydrogen) atoms. The summed E-state index contributed by atoms with van der Waals surface area (Å²) >= 11 is 0. The van der Waals surface area contributed by atoms with Gasteiger partial charge in [0.15, 0.2) is 5.82 Å². The Morgan fingerprint density at radius 1 is 1.10 bits per heavy atom. The number of aliphatic hydroxyl groups excluding tert-OH is 1. The third-order valence-electron chi connectivity index (χ3n) is 5.33. The number of anilines is 1. The first kappa shape index (κ1) is 19.6. The van der Waals surface area contributed by atoms with E-state index in [1.165, 1.54) is 0 Å². The molecule has 0 aliphatic carbocycles. The Morgan fingerprint density at radius 3 is 2.55 bits per heavy atom. The van der Waals surface area contributed by atoms with Crippen LogP contribution in [0.25, 0.3) is 22.2 Å². The molecule has 1 saturated heterocycles. The first-order valence-electron chi connectivity index (χ1n) is 10.3. The zero-order chi connectivity index (χ0) is 20.2. The summed E-state index contributed by atoms with van der Waals surface area (Å²) in [6.07, 6.45) is 1.35. The van der Waals surface area contributed by atoms with Crippen molar-refractivity contribution in [2.75, 3.05) is 44.2 Å². The number of benzene rings is 1. The van der Waals surface area contributed by atoms with Crippen LogP contribution in [-0.2, 0) is 0 Å². The monoisotopic (exact) mass is 392 g/mol. The Hall–Kier alpha value is -2.70. The molecule has 6 nitrogen and oxygen atoms in total. The Morgan fingerprint density at radius 2 is 1.86 bits per heavy atom. The first-order chi connectivity index (χ1) is 14.1. The maximum atomic E-state index is 9.38. The van der Waals surface area contributed by atoms with Crippen molar-refractivity contribution >= 4 is 16.7 Å². The summed E-state index contributed by atoms with van der Waals surface area (Å²) in [5.41, 5.74) is 2.92. The fourth-order valence-corrected chi connectivity index (χ4v) is 3.65. The molecule has 152 valence electrons. The number of likely N-dealkylation sites (N-methyl/N-ethyl adjacent to an activating group) is 1. The molecule has 1 fully saturated rings. The molecule has 2 aromatic heterocycles. The van der Waals surface area contributed by atoms with Gasteiger partial charge in [-0.2, -0.15) is 0 Å². The van der Waals surface area contributed by atoms with Gasteiger partial charge in [0.1, 0.15) is 17.9 Å². The fourth-order valence-electron chi connectivity index (χ4n) is 3.65. The van der Waals surface area contributed by atoms with Crippen LogP contribution in [0.5, 0.6) is 5.75 Å². The molecule has 3 aromatic rings. The number of piperazine rings is 1. The minimum absolute atomic E-state index is 0.285. The summed E-state index contributed by atoms with van der Waals surface area (Å²) in [5, 5.41) is 10.5. The Bertz CT molecular complexity index is 951. The average molecular weight is 393 g/mol. The largest absolute Gasteiger partial charge is 0.491 e. The van der Waals surface area contributed by atoms with Crippen molar-refractivity contribution in [2.45, 2.75) is 20.0 Å². The lowest BCUT2D eigenvalue weighted by Crippen LogP contribution is -2.46. The van der Waals surface area contributed by atoms with E-state index in [0.717, 1.165) is 66.5 Å². The molecule has 1 aromatic carbocycles.